The van der Waals surface area contributed by atoms with Gasteiger partial charge in [-0.2, -0.15) is 5.10 Å². The first-order valence-corrected chi connectivity index (χ1v) is 10.0. The molecule has 3 rings (SSSR count). The van der Waals surface area contributed by atoms with Gasteiger partial charge in [-0.3, -0.25) is 9.48 Å². The van der Waals surface area contributed by atoms with E-state index in [1.807, 2.05) is 12.1 Å². The van der Waals surface area contributed by atoms with Crippen LogP contribution in [0, 0.1) is 0 Å². The topological polar surface area (TPSA) is 82.9 Å². The highest BCUT2D eigenvalue weighted by atomic mass is 32.1. The van der Waals surface area contributed by atoms with Crippen LogP contribution in [-0.2, 0) is 40.3 Å². The monoisotopic (exact) mass is 407 g/mol. The molecule has 0 radical (unpaired) electrons. The van der Waals surface area contributed by atoms with Crippen molar-refractivity contribution < 1.29 is 23.8 Å². The van der Waals surface area contributed by atoms with Gasteiger partial charge in [-0.25, -0.2) is 4.79 Å². The van der Waals surface area contributed by atoms with Crippen LogP contribution >= 0.6 is 11.3 Å². The van der Waals surface area contributed by atoms with Crippen molar-refractivity contribution in [3.63, 3.8) is 0 Å². The van der Waals surface area contributed by atoms with Crippen molar-refractivity contribution in [2.75, 3.05) is 34.0 Å². The molecule has 3 heterocycles. The van der Waals surface area contributed by atoms with Crippen LogP contribution in [0.1, 0.15) is 43.2 Å². The number of carbonyl (C=O) groups excluding carboxylic acids is 2. The summed E-state index contributed by atoms with van der Waals surface area (Å²) in [5.41, 5.74) is 2.02. The second-order valence-electron chi connectivity index (χ2n) is 6.39. The maximum absolute atomic E-state index is 12.9. The molecule has 0 fully saturated rings. The van der Waals surface area contributed by atoms with E-state index in [4.69, 9.17) is 14.2 Å². The highest BCUT2D eigenvalue weighted by Crippen LogP contribution is 2.26. The SMILES string of the molecule is CCOC(=O)c1nn(CCOC)c2c1CN(C(=O)c1ccc(COC)s1)CC2. The fourth-order valence-corrected chi connectivity index (χ4v) is 4.21. The molecule has 0 bridgehead atoms. The number of esters is 1. The maximum Gasteiger partial charge on any atom is 0.359 e. The standard InChI is InChI=1S/C19H25N3O5S/c1-4-27-19(24)17-14-11-21(8-7-15(14)22(20-17)9-10-25-2)18(23)16-6-5-13(28-16)12-26-3/h5-6H,4,7-12H2,1-3H3. The molecular weight excluding hydrogens is 382 g/mol. The van der Waals surface area contributed by atoms with Crippen LogP contribution in [0.4, 0.5) is 0 Å². The molecule has 0 unspecified atom stereocenters. The quantitative estimate of drug-likeness (QED) is 0.624. The lowest BCUT2D eigenvalue weighted by Crippen LogP contribution is -2.36. The number of hydrogen-bond acceptors (Lipinski definition) is 7. The van der Waals surface area contributed by atoms with Crippen molar-refractivity contribution in [2.24, 2.45) is 0 Å². The zero-order valence-electron chi connectivity index (χ0n) is 16.4. The van der Waals surface area contributed by atoms with Gasteiger partial charge in [-0.1, -0.05) is 0 Å². The van der Waals surface area contributed by atoms with Gasteiger partial charge in [0, 0.05) is 43.3 Å². The summed E-state index contributed by atoms with van der Waals surface area (Å²) in [6, 6.07) is 3.73. The molecule has 8 nitrogen and oxygen atoms in total. The molecule has 0 atom stereocenters. The van der Waals surface area contributed by atoms with Crippen molar-refractivity contribution in [3.8, 4) is 0 Å². The molecular formula is C19H25N3O5S. The lowest BCUT2D eigenvalue weighted by molar-refractivity contribution is 0.0512. The molecule has 0 aromatic carbocycles. The lowest BCUT2D eigenvalue weighted by Gasteiger charge is -2.27. The summed E-state index contributed by atoms with van der Waals surface area (Å²) in [7, 11) is 3.26. The summed E-state index contributed by atoms with van der Waals surface area (Å²) >= 11 is 1.43. The third kappa shape index (κ3) is 4.26. The van der Waals surface area contributed by atoms with Gasteiger partial charge in [-0.05, 0) is 19.1 Å². The minimum atomic E-state index is -0.456. The predicted octanol–water partition coefficient (Wildman–Crippen LogP) is 2.11. The molecule has 0 aliphatic carbocycles. The second-order valence-corrected chi connectivity index (χ2v) is 7.55. The zero-order valence-corrected chi connectivity index (χ0v) is 17.2. The van der Waals surface area contributed by atoms with E-state index in [9.17, 15) is 9.59 Å². The zero-order chi connectivity index (χ0) is 20.1. The van der Waals surface area contributed by atoms with E-state index < -0.39 is 5.97 Å². The second kappa shape index (κ2) is 9.31. The normalized spacial score (nSPS) is 13.5. The minimum Gasteiger partial charge on any atom is -0.461 e. The highest BCUT2D eigenvalue weighted by molar-refractivity contribution is 7.14. The Morgan fingerprint density at radius 3 is 2.79 bits per heavy atom. The van der Waals surface area contributed by atoms with Crippen LogP contribution in [0.15, 0.2) is 12.1 Å². The van der Waals surface area contributed by atoms with E-state index >= 15 is 0 Å². The Balaban J connectivity index is 1.84. The Morgan fingerprint density at radius 2 is 2.07 bits per heavy atom. The number of thiophene rings is 1. The average molecular weight is 407 g/mol. The first-order valence-electron chi connectivity index (χ1n) is 9.20. The van der Waals surface area contributed by atoms with Crippen LogP contribution in [0.3, 0.4) is 0 Å². The van der Waals surface area contributed by atoms with Gasteiger partial charge in [0.1, 0.15) is 0 Å². The van der Waals surface area contributed by atoms with Crippen molar-refractivity contribution in [2.45, 2.75) is 33.0 Å². The Labute approximate surface area is 168 Å². The Morgan fingerprint density at radius 1 is 1.25 bits per heavy atom. The third-order valence-corrected chi connectivity index (χ3v) is 5.60. The number of nitrogens with zero attached hydrogens (tertiary/aromatic N) is 3. The fourth-order valence-electron chi connectivity index (χ4n) is 3.26. The van der Waals surface area contributed by atoms with Crippen LogP contribution in [0.2, 0.25) is 0 Å². The summed E-state index contributed by atoms with van der Waals surface area (Å²) in [6.45, 7) is 4.49. The van der Waals surface area contributed by atoms with Crippen molar-refractivity contribution in [1.82, 2.24) is 14.7 Å². The molecule has 1 amide bonds. The molecule has 2 aromatic rings. The van der Waals surface area contributed by atoms with Gasteiger partial charge in [0.05, 0.1) is 37.8 Å². The molecule has 2 aromatic heterocycles. The van der Waals surface area contributed by atoms with Crippen LogP contribution in [0.25, 0.3) is 0 Å². The number of methoxy groups -OCH3 is 2. The van der Waals surface area contributed by atoms with Crippen molar-refractivity contribution >= 4 is 23.2 Å². The van der Waals surface area contributed by atoms with Crippen LogP contribution in [-0.4, -0.2) is 60.5 Å². The number of fused-ring (bicyclic) bond motifs is 1. The maximum atomic E-state index is 12.9. The molecule has 1 aliphatic heterocycles. The van der Waals surface area contributed by atoms with E-state index in [1.54, 1.807) is 30.7 Å². The summed E-state index contributed by atoms with van der Waals surface area (Å²) < 4.78 is 17.2. The van der Waals surface area contributed by atoms with Gasteiger partial charge in [0.15, 0.2) is 5.69 Å². The molecule has 0 saturated carbocycles. The van der Waals surface area contributed by atoms with Gasteiger partial charge in [0.2, 0.25) is 0 Å². The lowest BCUT2D eigenvalue weighted by atomic mass is 10.0. The van der Waals surface area contributed by atoms with Crippen molar-refractivity contribution in [3.05, 3.63) is 38.8 Å². The Kier molecular flexibility index (Phi) is 6.82. The number of amides is 1. The Hall–Kier alpha value is -2.23. The van der Waals surface area contributed by atoms with E-state index in [2.05, 4.69) is 5.10 Å². The number of hydrogen-bond donors (Lipinski definition) is 0. The number of rotatable bonds is 8. The molecule has 0 saturated heterocycles. The van der Waals surface area contributed by atoms with Crippen LogP contribution < -0.4 is 0 Å². The number of aromatic nitrogens is 2. The summed E-state index contributed by atoms with van der Waals surface area (Å²) in [5.74, 6) is -0.500. The molecule has 9 heteroatoms. The highest BCUT2D eigenvalue weighted by Gasteiger charge is 2.31. The third-order valence-electron chi connectivity index (χ3n) is 4.56. The summed E-state index contributed by atoms with van der Waals surface area (Å²) in [5, 5.41) is 4.45. The van der Waals surface area contributed by atoms with Crippen LogP contribution in [0.5, 0.6) is 0 Å². The first kappa shape index (κ1) is 20.5. The molecule has 0 spiro atoms. The van der Waals surface area contributed by atoms with Gasteiger partial charge < -0.3 is 19.1 Å². The van der Waals surface area contributed by atoms with E-state index in [0.29, 0.717) is 44.1 Å². The number of carbonyl (C=O) groups is 2. The average Bonchev–Trinajstić information content (AvgIpc) is 3.30. The fraction of sp³-hybridized carbons (Fsp3) is 0.526. The summed E-state index contributed by atoms with van der Waals surface area (Å²) in [6.07, 6.45) is 0.632. The van der Waals surface area contributed by atoms with Gasteiger partial charge in [0.25, 0.3) is 5.91 Å². The number of ether oxygens (including phenoxy) is 3. The van der Waals surface area contributed by atoms with Crippen molar-refractivity contribution in [1.29, 1.82) is 0 Å². The first-order chi connectivity index (χ1) is 13.6. The minimum absolute atomic E-state index is 0.0440. The molecule has 0 N–H and O–H groups in total. The van der Waals surface area contributed by atoms with Gasteiger partial charge in [-0.15, -0.1) is 11.3 Å². The van der Waals surface area contributed by atoms with E-state index in [0.717, 1.165) is 16.1 Å². The van der Waals surface area contributed by atoms with E-state index in [1.165, 1.54) is 11.3 Å². The van der Waals surface area contributed by atoms with E-state index in [-0.39, 0.29) is 18.2 Å². The Bertz CT molecular complexity index is 845. The largest absolute Gasteiger partial charge is 0.461 e. The molecule has 28 heavy (non-hydrogen) atoms. The molecule has 152 valence electrons. The smallest absolute Gasteiger partial charge is 0.359 e. The predicted molar refractivity (Wildman–Crippen MR) is 104 cm³/mol. The molecule has 1 aliphatic rings. The van der Waals surface area contributed by atoms with Gasteiger partial charge >= 0.3 is 5.97 Å². The summed E-state index contributed by atoms with van der Waals surface area (Å²) in [4.78, 5) is 28.8.